The van der Waals surface area contributed by atoms with Gasteiger partial charge in [-0.3, -0.25) is 0 Å². The lowest BCUT2D eigenvalue weighted by atomic mass is 10.3. The average Bonchev–Trinajstić information content (AvgIpc) is 1.89. The molecule has 0 aliphatic rings. The van der Waals surface area contributed by atoms with Gasteiger partial charge in [0.25, 0.3) is 0 Å². The van der Waals surface area contributed by atoms with Crippen LogP contribution in [0.2, 0.25) is 11.6 Å². The van der Waals surface area contributed by atoms with Crippen molar-refractivity contribution in [1.29, 1.82) is 0 Å². The first-order valence-corrected chi connectivity index (χ1v) is 6.92. The van der Waals surface area contributed by atoms with E-state index in [-0.39, 0.29) is 9.52 Å². The van der Waals surface area contributed by atoms with Gasteiger partial charge in [0.1, 0.15) is 0 Å². The standard InChI is InChI=1S/C8H17BrSi/c1-3-5-8(2)10-7-4-6-9/h3,8H,1,4-7,10H2,2H3. The van der Waals surface area contributed by atoms with Crippen molar-refractivity contribution in [3.63, 3.8) is 0 Å². The van der Waals surface area contributed by atoms with E-state index in [2.05, 4.69) is 29.4 Å². The second-order valence-corrected chi connectivity index (χ2v) is 6.29. The number of allylic oxidation sites excluding steroid dienone is 1. The van der Waals surface area contributed by atoms with Crippen molar-refractivity contribution in [3.05, 3.63) is 12.7 Å². The van der Waals surface area contributed by atoms with Gasteiger partial charge in [0.15, 0.2) is 0 Å². The Balaban J connectivity index is 3.04. The summed E-state index contributed by atoms with van der Waals surface area (Å²) in [5, 5.41) is 1.18. The molecule has 0 aromatic heterocycles. The smallest absolute Gasteiger partial charge is 0.0232 e. The lowest BCUT2D eigenvalue weighted by Gasteiger charge is -2.05. The van der Waals surface area contributed by atoms with Crippen LogP contribution < -0.4 is 0 Å². The van der Waals surface area contributed by atoms with Gasteiger partial charge in [-0.1, -0.05) is 40.5 Å². The zero-order valence-electron chi connectivity index (χ0n) is 6.78. The molecule has 0 aliphatic carbocycles. The van der Waals surface area contributed by atoms with E-state index in [0.29, 0.717) is 0 Å². The molecule has 0 saturated carbocycles. The van der Waals surface area contributed by atoms with Crippen LogP contribution in [0, 0.1) is 0 Å². The van der Waals surface area contributed by atoms with Crippen LogP contribution in [0.5, 0.6) is 0 Å². The molecule has 0 saturated heterocycles. The maximum atomic E-state index is 3.74. The Morgan fingerprint density at radius 2 is 2.40 bits per heavy atom. The van der Waals surface area contributed by atoms with Crippen molar-refractivity contribution in [2.45, 2.75) is 31.4 Å². The summed E-state index contributed by atoms with van der Waals surface area (Å²) in [5.74, 6) is 0. The lowest BCUT2D eigenvalue weighted by Crippen LogP contribution is -1.97. The highest BCUT2D eigenvalue weighted by molar-refractivity contribution is 9.09. The van der Waals surface area contributed by atoms with Crippen molar-refractivity contribution in [3.8, 4) is 0 Å². The number of rotatable bonds is 6. The van der Waals surface area contributed by atoms with Crippen molar-refractivity contribution in [2.24, 2.45) is 0 Å². The average molecular weight is 221 g/mol. The van der Waals surface area contributed by atoms with Crippen molar-refractivity contribution in [1.82, 2.24) is 0 Å². The highest BCUT2D eigenvalue weighted by Crippen LogP contribution is 2.10. The van der Waals surface area contributed by atoms with Crippen molar-refractivity contribution in [2.75, 3.05) is 5.33 Å². The van der Waals surface area contributed by atoms with Gasteiger partial charge in [0.2, 0.25) is 0 Å². The Morgan fingerprint density at radius 1 is 1.70 bits per heavy atom. The molecule has 0 heterocycles. The minimum atomic E-state index is 0.212. The van der Waals surface area contributed by atoms with E-state index in [1.807, 2.05) is 6.08 Å². The third-order valence-corrected chi connectivity index (χ3v) is 4.44. The Labute approximate surface area is 75.0 Å². The summed E-state index contributed by atoms with van der Waals surface area (Å²) in [4.78, 5) is 0. The van der Waals surface area contributed by atoms with Gasteiger partial charge >= 0.3 is 0 Å². The molecule has 10 heavy (non-hydrogen) atoms. The van der Waals surface area contributed by atoms with Crippen LogP contribution in [-0.2, 0) is 0 Å². The molecule has 0 bridgehead atoms. The van der Waals surface area contributed by atoms with Crippen molar-refractivity contribution >= 4 is 25.4 Å². The zero-order valence-corrected chi connectivity index (χ0v) is 9.78. The molecule has 1 atom stereocenters. The molecule has 0 rings (SSSR count). The van der Waals surface area contributed by atoms with E-state index >= 15 is 0 Å². The second-order valence-electron chi connectivity index (χ2n) is 2.81. The van der Waals surface area contributed by atoms with E-state index in [1.165, 1.54) is 24.2 Å². The van der Waals surface area contributed by atoms with Crippen LogP contribution >= 0.6 is 15.9 Å². The molecule has 0 fully saturated rings. The van der Waals surface area contributed by atoms with Gasteiger partial charge < -0.3 is 0 Å². The normalized spacial score (nSPS) is 14.2. The van der Waals surface area contributed by atoms with Gasteiger partial charge in [-0.25, -0.2) is 0 Å². The first kappa shape index (κ1) is 10.4. The van der Waals surface area contributed by atoms with Gasteiger partial charge in [0.05, 0.1) is 0 Å². The molecule has 2 heteroatoms. The molecule has 60 valence electrons. The minimum Gasteiger partial charge on any atom is -0.103 e. The topological polar surface area (TPSA) is 0 Å². The summed E-state index contributed by atoms with van der Waals surface area (Å²) in [6.07, 6.45) is 4.65. The number of hydrogen-bond acceptors (Lipinski definition) is 0. The number of hydrogen-bond donors (Lipinski definition) is 0. The fraction of sp³-hybridized carbons (Fsp3) is 0.750. The summed E-state index contributed by atoms with van der Waals surface area (Å²) in [7, 11) is 0.212. The van der Waals surface area contributed by atoms with E-state index < -0.39 is 0 Å². The van der Waals surface area contributed by atoms with Gasteiger partial charge in [0, 0.05) is 14.8 Å². The molecule has 1 unspecified atom stereocenters. The minimum absolute atomic E-state index is 0.212. The summed E-state index contributed by atoms with van der Waals surface area (Å²) in [6.45, 7) is 6.09. The zero-order chi connectivity index (χ0) is 7.82. The number of alkyl halides is 1. The Morgan fingerprint density at radius 3 is 2.90 bits per heavy atom. The molecule has 0 N–H and O–H groups in total. The monoisotopic (exact) mass is 220 g/mol. The van der Waals surface area contributed by atoms with E-state index in [1.54, 1.807) is 0 Å². The summed E-state index contributed by atoms with van der Waals surface area (Å²) in [5.41, 5.74) is 0.969. The molecular formula is C8H17BrSi. The van der Waals surface area contributed by atoms with Crippen LogP contribution in [0.3, 0.4) is 0 Å². The molecule has 0 nitrogen and oxygen atoms in total. The molecule has 0 aliphatic heterocycles. The largest absolute Gasteiger partial charge is 0.103 e. The molecule has 0 aromatic rings. The maximum absolute atomic E-state index is 3.74. The van der Waals surface area contributed by atoms with Crippen LogP contribution in [0.25, 0.3) is 0 Å². The molecule has 0 aromatic carbocycles. The fourth-order valence-electron chi connectivity index (χ4n) is 0.990. The quantitative estimate of drug-likeness (QED) is 0.280. The molecule has 0 radical (unpaired) electrons. The van der Waals surface area contributed by atoms with Gasteiger partial charge in [-0.05, 0) is 12.8 Å². The SMILES string of the molecule is C=CCC(C)[SiH2]CCCBr. The van der Waals surface area contributed by atoms with Gasteiger partial charge in [-0.2, -0.15) is 0 Å². The highest BCUT2D eigenvalue weighted by atomic mass is 79.9. The van der Waals surface area contributed by atoms with Crippen LogP contribution in [-0.4, -0.2) is 14.8 Å². The highest BCUT2D eigenvalue weighted by Gasteiger charge is 1.98. The molecule has 0 spiro atoms. The first-order chi connectivity index (χ1) is 4.81. The van der Waals surface area contributed by atoms with E-state index in [0.717, 1.165) is 5.54 Å². The lowest BCUT2D eigenvalue weighted by molar-refractivity contribution is 0.921. The Kier molecular flexibility index (Phi) is 7.87. The van der Waals surface area contributed by atoms with Crippen LogP contribution in [0.1, 0.15) is 19.8 Å². The first-order valence-electron chi connectivity index (χ1n) is 3.98. The third-order valence-electron chi connectivity index (χ3n) is 1.65. The summed E-state index contributed by atoms with van der Waals surface area (Å²) < 4.78 is 0. The predicted octanol–water partition coefficient (Wildman–Crippen LogP) is 2.74. The van der Waals surface area contributed by atoms with Crippen LogP contribution in [0.15, 0.2) is 12.7 Å². The maximum Gasteiger partial charge on any atom is 0.0232 e. The summed E-state index contributed by atoms with van der Waals surface area (Å²) >= 11 is 3.44. The molecular weight excluding hydrogens is 204 g/mol. The third kappa shape index (κ3) is 6.56. The molecule has 0 amide bonds. The predicted molar refractivity (Wildman–Crippen MR) is 56.0 cm³/mol. The second kappa shape index (κ2) is 7.54. The van der Waals surface area contributed by atoms with E-state index in [9.17, 15) is 0 Å². The van der Waals surface area contributed by atoms with E-state index in [4.69, 9.17) is 0 Å². The van der Waals surface area contributed by atoms with Crippen LogP contribution in [0.4, 0.5) is 0 Å². The number of halogens is 1. The fourth-order valence-corrected chi connectivity index (χ4v) is 3.83. The summed E-state index contributed by atoms with van der Waals surface area (Å²) in [6, 6.07) is 1.49. The Hall–Kier alpha value is 0.437. The Bertz CT molecular complexity index is 83.3. The van der Waals surface area contributed by atoms with Crippen molar-refractivity contribution < 1.29 is 0 Å². The van der Waals surface area contributed by atoms with Gasteiger partial charge in [-0.15, -0.1) is 6.58 Å².